The van der Waals surface area contributed by atoms with Crippen LogP contribution in [0.4, 0.5) is 0 Å². The lowest BCUT2D eigenvalue weighted by atomic mass is 9.92. The van der Waals surface area contributed by atoms with Crippen LogP contribution < -0.4 is 28.4 Å². The molecule has 0 atom stereocenters. The van der Waals surface area contributed by atoms with Crippen molar-refractivity contribution in [1.29, 1.82) is 0 Å². The van der Waals surface area contributed by atoms with Gasteiger partial charge < -0.3 is 28.4 Å². The van der Waals surface area contributed by atoms with Gasteiger partial charge in [0.25, 0.3) is 0 Å². The second-order valence-electron chi connectivity index (χ2n) is 9.28. The van der Waals surface area contributed by atoms with Crippen molar-refractivity contribution in [3.8, 4) is 45.6 Å². The van der Waals surface area contributed by atoms with E-state index in [1.54, 1.807) is 24.3 Å². The predicted octanol–water partition coefficient (Wildman–Crippen LogP) is 5.54. The standard InChI is InChI=1S/C34H30O10/c1-39-21-11-7-19(8-12-21)31(35)33(37)25-15-23(27(41-3)17-29(25)43-5)24-16-26(30(44-6)18-28(24)42-4)34(38)32(36)20-9-13-22(40-2)14-10-20/h7-18H,1-6H3. The van der Waals surface area contributed by atoms with Crippen LogP contribution in [0.15, 0.2) is 72.8 Å². The van der Waals surface area contributed by atoms with Crippen molar-refractivity contribution in [3.63, 3.8) is 0 Å². The third kappa shape index (κ3) is 6.10. The van der Waals surface area contributed by atoms with E-state index in [1.165, 1.54) is 91.2 Å². The Balaban J connectivity index is 1.85. The summed E-state index contributed by atoms with van der Waals surface area (Å²) in [4.78, 5) is 53.5. The van der Waals surface area contributed by atoms with Crippen LogP contribution >= 0.6 is 0 Å². The summed E-state index contributed by atoms with van der Waals surface area (Å²) in [5.41, 5.74) is 0.798. The minimum absolute atomic E-state index is 0.0517. The second-order valence-corrected chi connectivity index (χ2v) is 9.28. The van der Waals surface area contributed by atoms with Gasteiger partial charge in [0.15, 0.2) is 0 Å². The third-order valence-corrected chi connectivity index (χ3v) is 6.94. The lowest BCUT2D eigenvalue weighted by molar-refractivity contribution is 0.0815. The molecule has 0 spiro atoms. The van der Waals surface area contributed by atoms with Crippen molar-refractivity contribution in [2.75, 3.05) is 42.7 Å². The summed E-state index contributed by atoms with van der Waals surface area (Å²) < 4.78 is 32.4. The summed E-state index contributed by atoms with van der Waals surface area (Å²) in [6.07, 6.45) is 0. The summed E-state index contributed by atoms with van der Waals surface area (Å²) in [6, 6.07) is 18.0. The second kappa shape index (κ2) is 13.6. The van der Waals surface area contributed by atoms with Gasteiger partial charge in [-0.2, -0.15) is 0 Å². The van der Waals surface area contributed by atoms with Crippen molar-refractivity contribution >= 4 is 23.1 Å². The first-order valence-electron chi connectivity index (χ1n) is 13.2. The van der Waals surface area contributed by atoms with Gasteiger partial charge in [0, 0.05) is 34.4 Å². The number of Topliss-reactive ketones (excluding diaryl/α,β-unsaturated/α-hetero) is 4. The third-order valence-electron chi connectivity index (χ3n) is 6.94. The highest BCUT2D eigenvalue weighted by molar-refractivity contribution is 6.50. The van der Waals surface area contributed by atoms with Gasteiger partial charge in [0.05, 0.1) is 53.8 Å². The van der Waals surface area contributed by atoms with E-state index in [4.69, 9.17) is 28.4 Å². The molecule has 0 amide bonds. The molecule has 10 nitrogen and oxygen atoms in total. The molecule has 4 aromatic carbocycles. The van der Waals surface area contributed by atoms with Gasteiger partial charge in [-0.1, -0.05) is 0 Å². The number of benzene rings is 4. The summed E-state index contributed by atoms with van der Waals surface area (Å²) >= 11 is 0. The molecule has 0 aliphatic rings. The number of methoxy groups -OCH3 is 6. The Morgan fingerprint density at radius 2 is 0.705 bits per heavy atom. The molecule has 4 aromatic rings. The highest BCUT2D eigenvalue weighted by Gasteiger charge is 2.28. The molecule has 10 heteroatoms. The van der Waals surface area contributed by atoms with Gasteiger partial charge in [-0.3, -0.25) is 19.2 Å². The van der Waals surface area contributed by atoms with Gasteiger partial charge >= 0.3 is 0 Å². The topological polar surface area (TPSA) is 124 Å². The zero-order chi connectivity index (χ0) is 32.0. The van der Waals surface area contributed by atoms with Crippen LogP contribution in [0, 0.1) is 0 Å². The first kappa shape index (κ1) is 31.3. The first-order valence-corrected chi connectivity index (χ1v) is 13.2. The van der Waals surface area contributed by atoms with Gasteiger partial charge in [-0.15, -0.1) is 0 Å². The molecule has 0 saturated carbocycles. The zero-order valence-electron chi connectivity index (χ0n) is 25.0. The highest BCUT2D eigenvalue weighted by atomic mass is 16.5. The summed E-state index contributed by atoms with van der Waals surface area (Å²) in [6.45, 7) is 0. The predicted molar refractivity (Wildman–Crippen MR) is 161 cm³/mol. The van der Waals surface area contributed by atoms with Gasteiger partial charge in [-0.05, 0) is 60.7 Å². The molecule has 0 heterocycles. The van der Waals surface area contributed by atoms with E-state index in [0.717, 1.165) is 0 Å². The Hall–Kier alpha value is -5.64. The van der Waals surface area contributed by atoms with Crippen molar-refractivity contribution < 1.29 is 47.6 Å². The maximum absolute atomic E-state index is 13.5. The molecular weight excluding hydrogens is 568 g/mol. The molecule has 4 rings (SSSR count). The molecule has 44 heavy (non-hydrogen) atoms. The molecular formula is C34H30O10. The van der Waals surface area contributed by atoms with E-state index in [0.29, 0.717) is 22.6 Å². The molecule has 0 aliphatic carbocycles. The van der Waals surface area contributed by atoms with Crippen LogP contribution in [0.3, 0.4) is 0 Å². The normalized spacial score (nSPS) is 10.4. The Bertz CT molecular complexity index is 1590. The van der Waals surface area contributed by atoms with Crippen LogP contribution in [0.25, 0.3) is 11.1 Å². The molecule has 226 valence electrons. The van der Waals surface area contributed by atoms with E-state index in [1.807, 2.05) is 0 Å². The molecule has 0 radical (unpaired) electrons. The average molecular weight is 599 g/mol. The van der Waals surface area contributed by atoms with Crippen molar-refractivity contribution in [2.45, 2.75) is 0 Å². The summed E-state index contributed by atoms with van der Waals surface area (Å²) in [5, 5.41) is 0. The Kier molecular flexibility index (Phi) is 9.64. The summed E-state index contributed by atoms with van der Waals surface area (Å²) in [7, 11) is 8.53. The monoisotopic (exact) mass is 598 g/mol. The van der Waals surface area contributed by atoms with Crippen molar-refractivity contribution in [1.82, 2.24) is 0 Å². The number of hydrogen-bond donors (Lipinski definition) is 0. The molecule has 0 fully saturated rings. The highest BCUT2D eigenvalue weighted by Crippen LogP contribution is 2.43. The number of rotatable bonds is 13. The van der Waals surface area contributed by atoms with Crippen molar-refractivity contribution in [3.05, 3.63) is 95.1 Å². The minimum atomic E-state index is -0.839. The SMILES string of the molecule is COc1ccc(C(=O)C(=O)c2cc(-c3cc(C(=O)C(=O)c4ccc(OC)cc4)c(OC)cc3OC)c(OC)cc2OC)cc1. The fourth-order valence-electron chi connectivity index (χ4n) is 4.57. The van der Waals surface area contributed by atoms with Crippen LogP contribution in [-0.4, -0.2) is 65.8 Å². The van der Waals surface area contributed by atoms with Crippen LogP contribution in [-0.2, 0) is 0 Å². The molecule has 0 aromatic heterocycles. The van der Waals surface area contributed by atoms with Crippen LogP contribution in [0.1, 0.15) is 41.4 Å². The van der Waals surface area contributed by atoms with Crippen LogP contribution in [0.5, 0.6) is 34.5 Å². The number of ketones is 4. The maximum atomic E-state index is 13.5. The lowest BCUT2D eigenvalue weighted by Crippen LogP contribution is -2.16. The van der Waals surface area contributed by atoms with Crippen molar-refractivity contribution in [2.24, 2.45) is 0 Å². The smallest absolute Gasteiger partial charge is 0.237 e. The summed E-state index contributed by atoms with van der Waals surface area (Å²) in [5.74, 6) is -1.48. The van der Waals surface area contributed by atoms with Crippen LogP contribution in [0.2, 0.25) is 0 Å². The van der Waals surface area contributed by atoms with Gasteiger partial charge in [0.1, 0.15) is 34.5 Å². The number of ether oxygens (including phenoxy) is 6. The minimum Gasteiger partial charge on any atom is -0.497 e. The number of carbonyl (C=O) groups excluding carboxylic acids is 4. The number of hydrogen-bond acceptors (Lipinski definition) is 10. The fraction of sp³-hybridized carbons (Fsp3) is 0.176. The van der Waals surface area contributed by atoms with E-state index in [-0.39, 0.29) is 45.3 Å². The Labute approximate surface area is 254 Å². The van der Waals surface area contributed by atoms with E-state index in [2.05, 4.69) is 0 Å². The molecule has 0 bridgehead atoms. The van der Waals surface area contributed by atoms with E-state index in [9.17, 15) is 19.2 Å². The largest absolute Gasteiger partial charge is 0.497 e. The average Bonchev–Trinajstić information content (AvgIpc) is 3.09. The Morgan fingerprint density at radius 1 is 0.386 bits per heavy atom. The first-order chi connectivity index (χ1) is 21.2. The van der Waals surface area contributed by atoms with Gasteiger partial charge in [-0.25, -0.2) is 0 Å². The fourth-order valence-corrected chi connectivity index (χ4v) is 4.57. The Morgan fingerprint density at radius 3 is 0.977 bits per heavy atom. The number of carbonyl (C=O) groups is 4. The molecule has 0 aliphatic heterocycles. The van der Waals surface area contributed by atoms with E-state index < -0.39 is 23.1 Å². The zero-order valence-corrected chi connectivity index (χ0v) is 25.0. The maximum Gasteiger partial charge on any atom is 0.237 e. The lowest BCUT2D eigenvalue weighted by Gasteiger charge is -2.18. The molecule has 0 saturated heterocycles. The van der Waals surface area contributed by atoms with Gasteiger partial charge in [0.2, 0.25) is 23.1 Å². The molecule has 0 unspecified atom stereocenters. The molecule has 0 N–H and O–H groups in total. The van der Waals surface area contributed by atoms with E-state index >= 15 is 0 Å². The quantitative estimate of drug-likeness (QED) is 0.143.